The molecule has 3 heteroatoms. The Bertz CT molecular complexity index is 169. The van der Waals surface area contributed by atoms with E-state index >= 15 is 0 Å². The Balaban J connectivity index is 3.92. The third-order valence-electron chi connectivity index (χ3n) is 2.04. The summed E-state index contributed by atoms with van der Waals surface area (Å²) in [6, 6.07) is 3.06. The molecule has 0 spiro atoms. The molecule has 0 saturated carbocycles. The molecule has 0 aliphatic rings. The van der Waals surface area contributed by atoms with E-state index in [0.29, 0.717) is 12.1 Å². The molecule has 1 atom stereocenters. The van der Waals surface area contributed by atoms with Gasteiger partial charge in [-0.2, -0.15) is 5.26 Å². The smallest absolute Gasteiger partial charge is 0.108 e. The van der Waals surface area contributed by atoms with Gasteiger partial charge >= 0.3 is 0 Å². The molecule has 0 saturated heterocycles. The zero-order valence-corrected chi connectivity index (χ0v) is 9.33. The largest absolute Gasteiger partial charge is 0.301 e. The van der Waals surface area contributed by atoms with Crippen LogP contribution in [0.25, 0.3) is 0 Å². The van der Waals surface area contributed by atoms with Gasteiger partial charge in [0, 0.05) is 18.6 Å². The van der Waals surface area contributed by atoms with Gasteiger partial charge in [0.25, 0.3) is 0 Å². The van der Waals surface area contributed by atoms with Gasteiger partial charge in [-0.3, -0.25) is 5.32 Å². The number of hydrogen-bond donors (Lipinski definition) is 1. The van der Waals surface area contributed by atoms with Gasteiger partial charge in [-0.25, -0.2) is 0 Å². The van der Waals surface area contributed by atoms with Crippen molar-refractivity contribution in [2.45, 2.75) is 45.8 Å². The molecule has 0 aromatic heterocycles. The molecule has 0 heterocycles. The minimum Gasteiger partial charge on any atom is -0.301 e. The van der Waals surface area contributed by atoms with Crippen molar-refractivity contribution in [1.29, 1.82) is 5.26 Å². The highest BCUT2D eigenvalue weighted by Crippen LogP contribution is 1.96. The van der Waals surface area contributed by atoms with Crippen LogP contribution >= 0.6 is 0 Å². The molecule has 0 rings (SSSR count). The van der Waals surface area contributed by atoms with Crippen molar-refractivity contribution in [3.05, 3.63) is 0 Å². The number of nitrogens with zero attached hydrogens (tertiary/aromatic N) is 2. The van der Waals surface area contributed by atoms with Crippen LogP contribution in [-0.4, -0.2) is 36.6 Å². The zero-order valence-electron chi connectivity index (χ0n) is 9.33. The summed E-state index contributed by atoms with van der Waals surface area (Å²) in [4.78, 5) is 2.17. The SMILES string of the molecule is CC(C)NC(C#N)CN(C)C(C)C. The maximum absolute atomic E-state index is 8.87. The predicted molar refractivity (Wildman–Crippen MR) is 55.4 cm³/mol. The van der Waals surface area contributed by atoms with E-state index in [2.05, 4.69) is 44.0 Å². The summed E-state index contributed by atoms with van der Waals surface area (Å²) in [5.41, 5.74) is 0. The first kappa shape index (κ1) is 12.4. The van der Waals surface area contributed by atoms with Crippen molar-refractivity contribution >= 4 is 0 Å². The van der Waals surface area contributed by atoms with Gasteiger partial charge < -0.3 is 4.90 Å². The van der Waals surface area contributed by atoms with E-state index in [4.69, 9.17) is 5.26 Å². The lowest BCUT2D eigenvalue weighted by Crippen LogP contribution is -2.43. The van der Waals surface area contributed by atoms with Gasteiger partial charge in [-0.15, -0.1) is 0 Å². The lowest BCUT2D eigenvalue weighted by molar-refractivity contribution is 0.253. The quantitative estimate of drug-likeness (QED) is 0.696. The number of nitrogens with one attached hydrogen (secondary N) is 1. The Labute approximate surface area is 81.7 Å². The van der Waals surface area contributed by atoms with Crippen molar-refractivity contribution in [3.63, 3.8) is 0 Å². The van der Waals surface area contributed by atoms with Crippen LogP contribution in [0, 0.1) is 11.3 Å². The molecule has 0 aliphatic heterocycles. The minimum atomic E-state index is -0.0626. The molecular formula is C10H21N3. The summed E-state index contributed by atoms with van der Waals surface area (Å²) in [6.07, 6.45) is 0. The summed E-state index contributed by atoms with van der Waals surface area (Å²) in [5, 5.41) is 12.1. The van der Waals surface area contributed by atoms with Crippen LogP contribution in [0.2, 0.25) is 0 Å². The van der Waals surface area contributed by atoms with E-state index in [-0.39, 0.29) is 6.04 Å². The number of rotatable bonds is 5. The van der Waals surface area contributed by atoms with Crippen LogP contribution in [0.4, 0.5) is 0 Å². The van der Waals surface area contributed by atoms with Crippen LogP contribution in [0.1, 0.15) is 27.7 Å². The van der Waals surface area contributed by atoms with E-state index in [0.717, 1.165) is 6.54 Å². The molecule has 76 valence electrons. The highest BCUT2D eigenvalue weighted by atomic mass is 15.1. The van der Waals surface area contributed by atoms with Crippen molar-refractivity contribution in [2.24, 2.45) is 0 Å². The van der Waals surface area contributed by atoms with Crippen molar-refractivity contribution in [3.8, 4) is 6.07 Å². The molecule has 0 aliphatic carbocycles. The molecule has 0 aromatic rings. The Morgan fingerprint density at radius 3 is 2.15 bits per heavy atom. The average Bonchev–Trinajstić information content (AvgIpc) is 2.02. The Morgan fingerprint density at radius 2 is 1.85 bits per heavy atom. The van der Waals surface area contributed by atoms with E-state index in [1.165, 1.54) is 0 Å². The van der Waals surface area contributed by atoms with Gasteiger partial charge in [-0.1, -0.05) is 0 Å². The fourth-order valence-corrected chi connectivity index (χ4v) is 1.03. The second-order valence-corrected chi connectivity index (χ2v) is 4.04. The molecule has 3 nitrogen and oxygen atoms in total. The fraction of sp³-hybridized carbons (Fsp3) is 0.900. The Morgan fingerprint density at radius 1 is 1.31 bits per heavy atom. The first-order valence-electron chi connectivity index (χ1n) is 4.83. The van der Waals surface area contributed by atoms with E-state index in [9.17, 15) is 0 Å². The van der Waals surface area contributed by atoms with Crippen molar-refractivity contribution < 1.29 is 0 Å². The van der Waals surface area contributed by atoms with E-state index in [1.54, 1.807) is 0 Å². The molecule has 0 radical (unpaired) electrons. The normalized spacial score (nSPS) is 13.8. The topological polar surface area (TPSA) is 39.1 Å². The molecule has 13 heavy (non-hydrogen) atoms. The summed E-state index contributed by atoms with van der Waals surface area (Å²) < 4.78 is 0. The predicted octanol–water partition coefficient (Wildman–Crippen LogP) is 1.22. The van der Waals surface area contributed by atoms with Crippen molar-refractivity contribution in [2.75, 3.05) is 13.6 Å². The molecule has 0 amide bonds. The summed E-state index contributed by atoms with van der Waals surface area (Å²) >= 11 is 0. The first-order chi connectivity index (χ1) is 5.97. The standard InChI is InChI=1S/C10H21N3/c1-8(2)12-10(6-11)7-13(5)9(3)4/h8-10,12H,7H2,1-5H3. The van der Waals surface area contributed by atoms with Gasteiger partial charge in [0.05, 0.1) is 6.07 Å². The van der Waals surface area contributed by atoms with Gasteiger partial charge in [0.1, 0.15) is 6.04 Å². The van der Waals surface area contributed by atoms with Gasteiger partial charge in [-0.05, 0) is 34.7 Å². The van der Waals surface area contributed by atoms with Crippen LogP contribution in [0.15, 0.2) is 0 Å². The third-order valence-corrected chi connectivity index (χ3v) is 2.04. The number of likely N-dealkylation sites (N-methyl/N-ethyl adjacent to an activating group) is 1. The van der Waals surface area contributed by atoms with Crippen LogP contribution in [-0.2, 0) is 0 Å². The zero-order chi connectivity index (χ0) is 10.4. The van der Waals surface area contributed by atoms with Crippen molar-refractivity contribution in [1.82, 2.24) is 10.2 Å². The first-order valence-corrected chi connectivity index (χ1v) is 4.83. The van der Waals surface area contributed by atoms with Gasteiger partial charge in [0.15, 0.2) is 0 Å². The summed E-state index contributed by atoms with van der Waals surface area (Å²) in [6.45, 7) is 9.15. The van der Waals surface area contributed by atoms with Crippen LogP contribution < -0.4 is 5.32 Å². The lowest BCUT2D eigenvalue weighted by Gasteiger charge is -2.25. The average molecular weight is 183 g/mol. The molecule has 0 bridgehead atoms. The third kappa shape index (κ3) is 5.62. The summed E-state index contributed by atoms with van der Waals surface area (Å²) in [5.74, 6) is 0. The summed E-state index contributed by atoms with van der Waals surface area (Å²) in [7, 11) is 2.04. The molecular weight excluding hydrogens is 162 g/mol. The maximum Gasteiger partial charge on any atom is 0.108 e. The minimum absolute atomic E-state index is 0.0626. The number of nitriles is 1. The van der Waals surface area contributed by atoms with Gasteiger partial charge in [0.2, 0.25) is 0 Å². The molecule has 0 fully saturated rings. The Kier molecular flexibility index (Phi) is 5.68. The van der Waals surface area contributed by atoms with Crippen LogP contribution in [0.3, 0.4) is 0 Å². The Hall–Kier alpha value is -0.590. The van der Waals surface area contributed by atoms with E-state index < -0.39 is 0 Å². The molecule has 1 unspecified atom stereocenters. The second kappa shape index (κ2) is 5.95. The van der Waals surface area contributed by atoms with E-state index in [1.807, 2.05) is 7.05 Å². The highest BCUT2D eigenvalue weighted by molar-refractivity contribution is 4.92. The second-order valence-electron chi connectivity index (χ2n) is 4.04. The number of hydrogen-bond acceptors (Lipinski definition) is 3. The maximum atomic E-state index is 8.87. The lowest BCUT2D eigenvalue weighted by atomic mass is 10.2. The van der Waals surface area contributed by atoms with Crippen LogP contribution in [0.5, 0.6) is 0 Å². The highest BCUT2D eigenvalue weighted by Gasteiger charge is 2.12. The monoisotopic (exact) mass is 183 g/mol. The fourth-order valence-electron chi connectivity index (χ4n) is 1.03. The molecule has 0 aromatic carbocycles. The molecule has 1 N–H and O–H groups in total.